The van der Waals surface area contributed by atoms with Crippen LogP contribution >= 0.6 is 0 Å². The van der Waals surface area contributed by atoms with Gasteiger partial charge >= 0.3 is 0 Å². The summed E-state index contributed by atoms with van der Waals surface area (Å²) < 4.78 is 32.6. The van der Waals surface area contributed by atoms with Crippen LogP contribution in [0.5, 0.6) is 0 Å². The predicted molar refractivity (Wildman–Crippen MR) is 110 cm³/mol. The van der Waals surface area contributed by atoms with Crippen molar-refractivity contribution in [2.45, 2.75) is 39.3 Å². The summed E-state index contributed by atoms with van der Waals surface area (Å²) in [6, 6.07) is 4.08. The van der Waals surface area contributed by atoms with Gasteiger partial charge in [0.05, 0.1) is 23.0 Å². The topological polar surface area (TPSA) is 58.3 Å². The molecular formula is C22H25F2N5O. The van der Waals surface area contributed by atoms with E-state index in [2.05, 4.69) is 15.0 Å². The molecule has 0 amide bonds. The Hall–Kier alpha value is -2.87. The molecule has 3 aromatic rings. The van der Waals surface area contributed by atoms with E-state index in [1.807, 2.05) is 32.8 Å². The fourth-order valence-electron chi connectivity index (χ4n) is 3.89. The number of benzene rings is 1. The average molecular weight is 413 g/mol. The molecule has 1 fully saturated rings. The number of halogens is 2. The van der Waals surface area contributed by atoms with E-state index in [0.717, 1.165) is 47.5 Å². The van der Waals surface area contributed by atoms with Gasteiger partial charge in [0.2, 0.25) is 5.95 Å². The zero-order chi connectivity index (χ0) is 21.4. The second-order valence-corrected chi connectivity index (χ2v) is 7.96. The normalized spacial score (nSPS) is 16.9. The highest BCUT2D eigenvalue weighted by Crippen LogP contribution is 2.39. The van der Waals surface area contributed by atoms with Crippen LogP contribution in [0.2, 0.25) is 0 Å². The van der Waals surface area contributed by atoms with Gasteiger partial charge in [-0.05, 0) is 50.9 Å². The van der Waals surface area contributed by atoms with E-state index in [1.165, 1.54) is 12.1 Å². The Morgan fingerprint density at radius 2 is 2.00 bits per heavy atom. The van der Waals surface area contributed by atoms with Gasteiger partial charge in [0, 0.05) is 32.4 Å². The first kappa shape index (κ1) is 20.4. The summed E-state index contributed by atoms with van der Waals surface area (Å²) in [5.74, 6) is -0.370. The third-order valence-electron chi connectivity index (χ3n) is 5.66. The first-order valence-electron chi connectivity index (χ1n) is 10.0. The van der Waals surface area contributed by atoms with Crippen LogP contribution in [0.15, 0.2) is 28.9 Å². The molecule has 2 aromatic heterocycles. The lowest BCUT2D eigenvalue weighted by Crippen LogP contribution is -2.25. The third-order valence-corrected chi connectivity index (χ3v) is 5.66. The van der Waals surface area contributed by atoms with Crippen molar-refractivity contribution in [2.24, 2.45) is 0 Å². The van der Waals surface area contributed by atoms with E-state index in [4.69, 9.17) is 9.51 Å². The van der Waals surface area contributed by atoms with Crippen LogP contribution < -0.4 is 4.90 Å². The first-order chi connectivity index (χ1) is 14.3. The molecule has 1 aliphatic heterocycles. The minimum absolute atomic E-state index is 0.0135. The molecule has 158 valence electrons. The van der Waals surface area contributed by atoms with Crippen molar-refractivity contribution in [1.82, 2.24) is 20.0 Å². The summed E-state index contributed by atoms with van der Waals surface area (Å²) in [6.45, 7) is 5.23. The summed E-state index contributed by atoms with van der Waals surface area (Å²) in [5.41, 5.74) is 4.21. The van der Waals surface area contributed by atoms with E-state index in [-0.39, 0.29) is 6.04 Å². The highest BCUT2D eigenvalue weighted by atomic mass is 19.2. The van der Waals surface area contributed by atoms with E-state index in [9.17, 15) is 8.78 Å². The molecule has 0 bridgehead atoms. The second-order valence-electron chi connectivity index (χ2n) is 7.96. The smallest absolute Gasteiger partial charge is 0.225 e. The van der Waals surface area contributed by atoms with Crippen molar-refractivity contribution in [2.75, 3.05) is 25.5 Å². The van der Waals surface area contributed by atoms with Crippen LogP contribution in [0.3, 0.4) is 0 Å². The zero-order valence-corrected chi connectivity index (χ0v) is 17.6. The van der Waals surface area contributed by atoms with Crippen LogP contribution in [0.25, 0.3) is 11.3 Å². The Labute approximate surface area is 174 Å². The monoisotopic (exact) mass is 413 g/mol. The van der Waals surface area contributed by atoms with Gasteiger partial charge in [-0.1, -0.05) is 11.2 Å². The average Bonchev–Trinajstić information content (AvgIpc) is 3.31. The highest BCUT2D eigenvalue weighted by Gasteiger charge is 2.32. The summed E-state index contributed by atoms with van der Waals surface area (Å²) in [5, 5.41) is 4.09. The quantitative estimate of drug-likeness (QED) is 0.617. The number of rotatable bonds is 5. The Morgan fingerprint density at radius 1 is 1.20 bits per heavy atom. The number of likely N-dealkylation sites (tertiary alicyclic amines) is 1. The Balaban J connectivity index is 1.74. The third kappa shape index (κ3) is 3.79. The molecule has 0 saturated carbocycles. The molecule has 1 unspecified atom stereocenters. The maximum absolute atomic E-state index is 13.7. The van der Waals surface area contributed by atoms with Gasteiger partial charge < -0.3 is 9.42 Å². The molecule has 0 aliphatic carbocycles. The number of nitrogens with zero attached hydrogens (tertiary/aromatic N) is 5. The number of aromatic nitrogens is 3. The van der Waals surface area contributed by atoms with Crippen LogP contribution in [0.1, 0.15) is 41.4 Å². The summed E-state index contributed by atoms with van der Waals surface area (Å²) >= 11 is 0. The van der Waals surface area contributed by atoms with Gasteiger partial charge in [0.25, 0.3) is 0 Å². The second kappa shape index (κ2) is 8.10. The summed E-state index contributed by atoms with van der Waals surface area (Å²) in [6.07, 6.45) is 3.69. The molecule has 3 heterocycles. The van der Waals surface area contributed by atoms with Gasteiger partial charge in [-0.25, -0.2) is 18.7 Å². The van der Waals surface area contributed by atoms with Crippen molar-refractivity contribution >= 4 is 5.95 Å². The van der Waals surface area contributed by atoms with E-state index >= 15 is 0 Å². The molecule has 1 saturated heterocycles. The molecule has 4 rings (SSSR count). The van der Waals surface area contributed by atoms with Gasteiger partial charge in [-0.3, -0.25) is 4.90 Å². The summed E-state index contributed by atoms with van der Waals surface area (Å²) in [7, 11) is 3.80. The maximum Gasteiger partial charge on any atom is 0.225 e. The number of hydrogen-bond donors (Lipinski definition) is 0. The highest BCUT2D eigenvalue weighted by molar-refractivity contribution is 5.65. The summed E-state index contributed by atoms with van der Waals surface area (Å²) in [4.78, 5) is 13.4. The molecule has 1 aromatic carbocycles. The number of anilines is 1. The van der Waals surface area contributed by atoms with Crippen molar-refractivity contribution in [3.8, 4) is 11.3 Å². The Morgan fingerprint density at radius 3 is 2.67 bits per heavy atom. The molecule has 8 heteroatoms. The van der Waals surface area contributed by atoms with Crippen LogP contribution in [-0.4, -0.2) is 40.7 Å². The van der Waals surface area contributed by atoms with Crippen molar-refractivity contribution < 1.29 is 13.3 Å². The predicted octanol–water partition coefficient (Wildman–Crippen LogP) is 4.43. The minimum Gasteiger partial charge on any atom is -0.356 e. The van der Waals surface area contributed by atoms with Crippen LogP contribution in [0.4, 0.5) is 14.7 Å². The molecule has 1 aliphatic rings. The lowest BCUT2D eigenvalue weighted by molar-refractivity contribution is 0.244. The fourth-order valence-corrected chi connectivity index (χ4v) is 3.89. The molecule has 0 N–H and O–H groups in total. The van der Waals surface area contributed by atoms with Gasteiger partial charge in [0.1, 0.15) is 0 Å². The molecular weight excluding hydrogens is 388 g/mol. The van der Waals surface area contributed by atoms with Crippen LogP contribution in [-0.2, 0) is 6.54 Å². The van der Waals surface area contributed by atoms with E-state index in [1.54, 1.807) is 12.3 Å². The van der Waals surface area contributed by atoms with Crippen molar-refractivity contribution in [3.63, 3.8) is 0 Å². The fraction of sp³-hybridized carbons (Fsp3) is 0.409. The van der Waals surface area contributed by atoms with Crippen LogP contribution in [0, 0.1) is 25.5 Å². The number of hydrogen-bond acceptors (Lipinski definition) is 6. The SMILES string of the molecule is Cc1noc(-c2cnc(N(C)C)nc2C2CCCN2Cc2ccc(F)c(F)c2)c1C. The van der Waals surface area contributed by atoms with E-state index < -0.39 is 11.6 Å². The molecule has 1 atom stereocenters. The Bertz CT molecular complexity index is 1070. The van der Waals surface area contributed by atoms with Gasteiger partial charge in [-0.2, -0.15) is 0 Å². The van der Waals surface area contributed by atoms with Crippen molar-refractivity contribution in [3.05, 3.63) is 58.5 Å². The lowest BCUT2D eigenvalue weighted by Gasteiger charge is -2.26. The first-order valence-corrected chi connectivity index (χ1v) is 10.0. The largest absolute Gasteiger partial charge is 0.356 e. The lowest BCUT2D eigenvalue weighted by atomic mass is 10.0. The molecule has 0 spiro atoms. The van der Waals surface area contributed by atoms with Gasteiger partial charge in [0.15, 0.2) is 17.4 Å². The molecule has 0 radical (unpaired) electrons. The van der Waals surface area contributed by atoms with E-state index in [0.29, 0.717) is 18.3 Å². The number of aryl methyl sites for hydroxylation is 1. The standard InChI is InChI=1S/C22H25F2N5O/c1-13-14(2)27-30-21(13)16-11-25-22(28(3)4)26-20(16)19-6-5-9-29(19)12-15-7-8-17(23)18(24)10-15/h7-8,10-11,19H,5-6,9,12H2,1-4H3. The zero-order valence-electron chi connectivity index (χ0n) is 17.6. The Kier molecular flexibility index (Phi) is 5.51. The minimum atomic E-state index is -0.832. The maximum atomic E-state index is 13.7. The van der Waals surface area contributed by atoms with Crippen molar-refractivity contribution in [1.29, 1.82) is 0 Å². The van der Waals surface area contributed by atoms with Gasteiger partial charge in [-0.15, -0.1) is 0 Å². The molecule has 30 heavy (non-hydrogen) atoms. The molecule has 6 nitrogen and oxygen atoms in total.